The van der Waals surface area contributed by atoms with Crippen LogP contribution in [0.4, 0.5) is 9.18 Å². The summed E-state index contributed by atoms with van der Waals surface area (Å²) >= 11 is 0. The van der Waals surface area contributed by atoms with Crippen LogP contribution < -0.4 is 5.32 Å². The van der Waals surface area contributed by atoms with Crippen molar-refractivity contribution < 1.29 is 23.5 Å². The molecule has 3 heterocycles. The fourth-order valence-corrected chi connectivity index (χ4v) is 5.31. The van der Waals surface area contributed by atoms with Gasteiger partial charge in [-0.3, -0.25) is 14.5 Å². The van der Waals surface area contributed by atoms with Crippen molar-refractivity contribution in [3.8, 4) is 0 Å². The summed E-state index contributed by atoms with van der Waals surface area (Å²) in [6.07, 6.45) is 2.57. The molecule has 0 atom stereocenters. The third kappa shape index (κ3) is 5.07. The predicted octanol–water partition coefficient (Wildman–Crippen LogP) is 3.64. The Labute approximate surface area is 204 Å². The first kappa shape index (κ1) is 23.5. The van der Waals surface area contributed by atoms with Gasteiger partial charge >= 0.3 is 6.09 Å². The maximum absolute atomic E-state index is 13.1. The van der Waals surface area contributed by atoms with Gasteiger partial charge in [0.2, 0.25) is 0 Å². The van der Waals surface area contributed by atoms with E-state index in [0.717, 1.165) is 31.5 Å². The molecule has 3 fully saturated rings. The maximum Gasteiger partial charge on any atom is 0.410 e. The Morgan fingerprint density at radius 2 is 1.60 bits per heavy atom. The monoisotopic (exact) mass is 479 g/mol. The van der Waals surface area contributed by atoms with Crippen molar-refractivity contribution in [1.82, 2.24) is 15.1 Å². The second-order valence-corrected chi connectivity index (χ2v) is 9.79. The quantitative estimate of drug-likeness (QED) is 0.663. The molecule has 0 saturated carbocycles. The minimum Gasteiger partial charge on any atom is -0.441 e. The number of likely N-dealkylation sites (tertiary alicyclic amines) is 1. The van der Waals surface area contributed by atoms with E-state index in [2.05, 4.69) is 5.32 Å². The molecule has 1 N–H and O–H groups in total. The Morgan fingerprint density at radius 3 is 2.26 bits per heavy atom. The lowest BCUT2D eigenvalue weighted by Gasteiger charge is -2.31. The number of Topliss-reactive ketones (excluding diaryl/α,β-unsaturated/α-hetero) is 1. The Kier molecular flexibility index (Phi) is 6.56. The summed E-state index contributed by atoms with van der Waals surface area (Å²) in [6.45, 7) is 3.79. The lowest BCUT2D eigenvalue weighted by molar-refractivity contribution is 0.0316. The number of rotatable bonds is 5. The highest BCUT2D eigenvalue weighted by molar-refractivity contribution is 5.98. The molecule has 1 spiro atoms. The van der Waals surface area contributed by atoms with E-state index in [1.54, 1.807) is 21.9 Å². The standard InChI is InChI=1S/C27H30FN3O4/c28-23-7-5-20(6-8-23)24(32)21-9-15-30(16-10-21)25(33)22-3-1-19(2-4-22)17-31-18-27(35-26(31)34)11-13-29-14-12-27/h1-8,21,29H,9-18H2. The average molecular weight is 480 g/mol. The molecule has 8 heteroatoms. The first-order valence-electron chi connectivity index (χ1n) is 12.3. The van der Waals surface area contributed by atoms with Gasteiger partial charge in [0.25, 0.3) is 5.91 Å². The zero-order valence-electron chi connectivity index (χ0n) is 19.7. The second-order valence-electron chi connectivity index (χ2n) is 9.79. The number of halogens is 1. The zero-order valence-corrected chi connectivity index (χ0v) is 19.7. The molecule has 2 aromatic carbocycles. The molecule has 5 rings (SSSR count). The number of hydrogen-bond donors (Lipinski definition) is 1. The SMILES string of the molecule is O=C(c1ccc(F)cc1)C1CCN(C(=O)c2ccc(CN3CC4(CCNCC4)OC3=O)cc2)CC1. The Morgan fingerprint density at radius 1 is 0.971 bits per heavy atom. The molecule has 0 unspecified atom stereocenters. The Hall–Kier alpha value is -3.26. The molecule has 0 radical (unpaired) electrons. The highest BCUT2D eigenvalue weighted by Crippen LogP contribution is 2.32. The molecule has 3 saturated heterocycles. The molecule has 7 nitrogen and oxygen atoms in total. The smallest absolute Gasteiger partial charge is 0.410 e. The van der Waals surface area contributed by atoms with E-state index in [9.17, 15) is 18.8 Å². The van der Waals surface area contributed by atoms with Gasteiger partial charge in [-0.2, -0.15) is 0 Å². The number of nitrogens with one attached hydrogen (secondary N) is 1. The van der Waals surface area contributed by atoms with Crippen LogP contribution in [-0.2, 0) is 11.3 Å². The van der Waals surface area contributed by atoms with Gasteiger partial charge in [-0.1, -0.05) is 12.1 Å². The van der Waals surface area contributed by atoms with E-state index in [4.69, 9.17) is 4.74 Å². The summed E-state index contributed by atoms with van der Waals surface area (Å²) in [7, 11) is 0. The van der Waals surface area contributed by atoms with Crippen LogP contribution in [0, 0.1) is 11.7 Å². The lowest BCUT2D eigenvalue weighted by atomic mass is 9.88. The molecule has 0 bridgehead atoms. The van der Waals surface area contributed by atoms with Crippen LogP contribution in [0.3, 0.4) is 0 Å². The number of ether oxygens (including phenoxy) is 1. The highest BCUT2D eigenvalue weighted by Gasteiger charge is 2.45. The molecule has 2 amide bonds. The number of carbonyl (C=O) groups excluding carboxylic acids is 3. The summed E-state index contributed by atoms with van der Waals surface area (Å²) in [5.74, 6) is -0.569. The number of ketones is 1. The van der Waals surface area contributed by atoms with Crippen LogP contribution in [0.25, 0.3) is 0 Å². The topological polar surface area (TPSA) is 79.0 Å². The first-order valence-corrected chi connectivity index (χ1v) is 12.3. The van der Waals surface area contributed by atoms with Gasteiger partial charge in [-0.05, 0) is 67.9 Å². The Bertz CT molecular complexity index is 1090. The van der Waals surface area contributed by atoms with Crippen LogP contribution >= 0.6 is 0 Å². The highest BCUT2D eigenvalue weighted by atomic mass is 19.1. The van der Waals surface area contributed by atoms with E-state index < -0.39 is 0 Å². The largest absolute Gasteiger partial charge is 0.441 e. The van der Waals surface area contributed by atoms with Crippen molar-refractivity contribution in [2.45, 2.75) is 37.8 Å². The molecule has 184 valence electrons. The van der Waals surface area contributed by atoms with Gasteiger partial charge < -0.3 is 15.0 Å². The predicted molar refractivity (Wildman–Crippen MR) is 128 cm³/mol. The number of amides is 2. The van der Waals surface area contributed by atoms with Crippen LogP contribution in [-0.4, -0.2) is 65.9 Å². The fourth-order valence-electron chi connectivity index (χ4n) is 5.31. The zero-order chi connectivity index (χ0) is 24.4. The minimum absolute atomic E-state index is 0.00756. The van der Waals surface area contributed by atoms with Gasteiger partial charge in [0.15, 0.2) is 5.78 Å². The third-order valence-corrected chi connectivity index (χ3v) is 7.41. The van der Waals surface area contributed by atoms with E-state index in [1.807, 2.05) is 12.1 Å². The van der Waals surface area contributed by atoms with Gasteiger partial charge in [0, 0.05) is 49.5 Å². The summed E-state index contributed by atoms with van der Waals surface area (Å²) in [5, 5.41) is 3.30. The van der Waals surface area contributed by atoms with Crippen LogP contribution in [0.5, 0.6) is 0 Å². The number of benzene rings is 2. The maximum atomic E-state index is 13.1. The molecule has 0 aliphatic carbocycles. The third-order valence-electron chi connectivity index (χ3n) is 7.41. The average Bonchev–Trinajstić information content (AvgIpc) is 3.18. The van der Waals surface area contributed by atoms with Crippen molar-refractivity contribution in [2.24, 2.45) is 5.92 Å². The first-order chi connectivity index (χ1) is 16.9. The summed E-state index contributed by atoms with van der Waals surface area (Å²) < 4.78 is 18.9. The normalized spacial score (nSPS) is 20.2. The minimum atomic E-state index is -0.373. The molecule has 0 aromatic heterocycles. The number of piperidine rings is 2. The van der Waals surface area contributed by atoms with Crippen molar-refractivity contribution >= 4 is 17.8 Å². The number of hydrogen-bond acceptors (Lipinski definition) is 5. The van der Waals surface area contributed by atoms with Crippen molar-refractivity contribution in [2.75, 3.05) is 32.7 Å². The van der Waals surface area contributed by atoms with Crippen molar-refractivity contribution in [3.63, 3.8) is 0 Å². The van der Waals surface area contributed by atoms with E-state index in [1.165, 1.54) is 24.3 Å². The van der Waals surface area contributed by atoms with Gasteiger partial charge in [-0.25, -0.2) is 9.18 Å². The second kappa shape index (κ2) is 9.77. The van der Waals surface area contributed by atoms with Crippen molar-refractivity contribution in [1.29, 1.82) is 0 Å². The molecule has 2 aromatic rings. The van der Waals surface area contributed by atoms with E-state index in [-0.39, 0.29) is 35.1 Å². The van der Waals surface area contributed by atoms with Gasteiger partial charge in [0.1, 0.15) is 11.4 Å². The van der Waals surface area contributed by atoms with Crippen LogP contribution in [0.1, 0.15) is 52.0 Å². The van der Waals surface area contributed by atoms with E-state index in [0.29, 0.717) is 50.1 Å². The van der Waals surface area contributed by atoms with Crippen LogP contribution in [0.15, 0.2) is 48.5 Å². The van der Waals surface area contributed by atoms with Crippen molar-refractivity contribution in [3.05, 3.63) is 71.0 Å². The van der Waals surface area contributed by atoms with E-state index >= 15 is 0 Å². The van der Waals surface area contributed by atoms with Crippen LogP contribution in [0.2, 0.25) is 0 Å². The molecule has 35 heavy (non-hydrogen) atoms. The Balaban J connectivity index is 1.14. The van der Waals surface area contributed by atoms with Gasteiger partial charge in [0.05, 0.1) is 6.54 Å². The number of nitrogens with zero attached hydrogens (tertiary/aromatic N) is 2. The lowest BCUT2D eigenvalue weighted by Crippen LogP contribution is -2.44. The summed E-state index contributed by atoms with van der Waals surface area (Å²) in [4.78, 5) is 41.6. The van der Waals surface area contributed by atoms with Gasteiger partial charge in [-0.15, -0.1) is 0 Å². The summed E-state index contributed by atoms with van der Waals surface area (Å²) in [5.41, 5.74) is 1.69. The fraction of sp³-hybridized carbons (Fsp3) is 0.444. The molecule has 3 aliphatic heterocycles. The number of carbonyl (C=O) groups is 3. The molecular formula is C27H30FN3O4. The molecular weight excluding hydrogens is 449 g/mol. The summed E-state index contributed by atoms with van der Waals surface area (Å²) in [6, 6.07) is 13.0. The molecule has 3 aliphatic rings.